The molecule has 4 amide bonds. The van der Waals surface area contributed by atoms with Gasteiger partial charge in [0.1, 0.15) is 37.0 Å². The summed E-state index contributed by atoms with van der Waals surface area (Å²) < 4.78 is 20.4. The average molecular weight is 1360 g/mol. The number of ketones is 2. The van der Waals surface area contributed by atoms with Gasteiger partial charge in [-0.25, -0.2) is 19.2 Å². The molecule has 0 radical (unpaired) electrons. The number of hydrogen-bond donors (Lipinski definition) is 6. The number of halogens is 5. The molecule has 3 fully saturated rings. The van der Waals surface area contributed by atoms with E-state index in [9.17, 15) is 33.6 Å². The van der Waals surface area contributed by atoms with E-state index < -0.39 is 29.9 Å². The first-order valence-corrected chi connectivity index (χ1v) is 32.0. The Balaban J connectivity index is 0.000000256. The summed E-state index contributed by atoms with van der Waals surface area (Å²) in [6, 6.07) is 28.6. The van der Waals surface area contributed by atoms with Gasteiger partial charge in [0.25, 0.3) is 0 Å². The quantitative estimate of drug-likeness (QED) is 0.0312. The lowest BCUT2D eigenvalue weighted by atomic mass is 9.90. The molecule has 3 aliphatic rings. The van der Waals surface area contributed by atoms with Crippen LogP contribution in [-0.2, 0) is 53.2 Å². The summed E-state index contributed by atoms with van der Waals surface area (Å²) in [5, 5.41) is 22.1. The minimum atomic E-state index is -0.774. The topological polar surface area (TPSA) is 283 Å². The second-order valence-corrected chi connectivity index (χ2v) is 24.1. The second kappa shape index (κ2) is 43.0. The van der Waals surface area contributed by atoms with Crippen LogP contribution in [0.25, 0.3) is 0 Å². The van der Waals surface area contributed by atoms with E-state index in [0.717, 1.165) is 74.2 Å². The van der Waals surface area contributed by atoms with E-state index in [0.29, 0.717) is 109 Å². The fraction of sp³-hybridized carbons (Fsp3) is 0.462. The van der Waals surface area contributed by atoms with Crippen molar-refractivity contribution < 1.29 is 57.6 Å². The molecule has 21 nitrogen and oxygen atoms in total. The fourth-order valence-corrected chi connectivity index (χ4v) is 10.2. The van der Waals surface area contributed by atoms with Crippen molar-refractivity contribution in [3.63, 3.8) is 0 Å². The van der Waals surface area contributed by atoms with Crippen LogP contribution in [0.2, 0.25) is 25.1 Å². The first-order chi connectivity index (χ1) is 43.6. The molecule has 0 aliphatic carbocycles. The smallest absolute Gasteiger partial charge is 0.410 e. The standard InChI is InChI=1S/C22H25Cl2N3O3.C17H24N2O3.C11H19NO4.C10H14N2O2.C5H2Cl3N/c23-18-13-25-14-19(24)21(18)27-11-8-17(9-12-27)20(28)7-4-10-26-22(29)30-15-16-5-2-1-3-6-16;20-16(15-8-11-18-12-9-15)7-4-10-19-17(21)22-13-14-5-2-1-3-6-14;1-11(2,3)16-10(15)12-6-4-8(5-7-12)9(13)14;11-6-7-12-10(13)14-8-9-4-2-1-3-5-9;6-3-1-9-2-4(7)5(3)8/h1-3,5-6,13-14,17H,4,7-12,15H2,(H,26,29);1-3,5-6,15,18H,4,7-13H2,(H,19,21);8H,4-7H2,1-3H3,(H,13,14);1-5H,6-8,11H2,(H,12,13);1-2H. The van der Waals surface area contributed by atoms with Gasteiger partial charge in [-0.2, -0.15) is 0 Å². The number of nitrogens with two attached hydrogens (primary N) is 1. The largest absolute Gasteiger partial charge is 0.481 e. The maximum atomic E-state index is 12.5. The predicted molar refractivity (Wildman–Crippen MR) is 354 cm³/mol. The molecule has 3 saturated heterocycles. The molecule has 91 heavy (non-hydrogen) atoms. The van der Waals surface area contributed by atoms with Crippen LogP contribution in [0.3, 0.4) is 0 Å². The van der Waals surface area contributed by atoms with Crippen molar-refractivity contribution in [3.05, 3.63) is 158 Å². The molecule has 26 heteroatoms. The number of carbonyl (C=O) groups excluding carboxylic acids is 6. The number of pyridine rings is 2. The highest BCUT2D eigenvalue weighted by Gasteiger charge is 2.30. The number of ether oxygens (including phenoxy) is 4. The van der Waals surface area contributed by atoms with E-state index in [1.54, 1.807) is 17.3 Å². The van der Waals surface area contributed by atoms with Crippen LogP contribution < -0.4 is 31.9 Å². The number of amides is 4. The lowest BCUT2D eigenvalue weighted by Crippen LogP contribution is -2.42. The van der Waals surface area contributed by atoms with Crippen molar-refractivity contribution in [2.45, 2.75) is 110 Å². The SMILES string of the molecule is CC(C)(C)OC(=O)N1CCC(C(=O)O)CC1.Clc1cncc(Cl)c1Cl.NCCNC(=O)OCc1ccccc1.O=C(NCCCC(=O)C1CCN(c2c(Cl)cncc2Cl)CC1)OCc1ccccc1.O=C(NCCCC(=O)C1CCNCC1)OCc1ccccc1. The molecule has 0 saturated carbocycles. The van der Waals surface area contributed by atoms with Crippen molar-refractivity contribution in [2.24, 2.45) is 23.5 Å². The van der Waals surface area contributed by atoms with E-state index in [1.165, 1.54) is 12.4 Å². The number of anilines is 1. The third-order valence-corrected chi connectivity index (χ3v) is 15.7. The zero-order valence-corrected chi connectivity index (χ0v) is 55.4. The van der Waals surface area contributed by atoms with Gasteiger partial charge in [-0.1, -0.05) is 149 Å². The number of hydrogen-bond acceptors (Lipinski definition) is 16. The first kappa shape index (κ1) is 76.5. The average Bonchev–Trinajstić information content (AvgIpc) is 1.61. The van der Waals surface area contributed by atoms with Gasteiger partial charge in [-0.15, -0.1) is 0 Å². The van der Waals surface area contributed by atoms with Gasteiger partial charge in [-0.05, 0) is 102 Å². The van der Waals surface area contributed by atoms with Crippen molar-refractivity contribution in [1.29, 1.82) is 0 Å². The molecule has 3 aliphatic heterocycles. The highest BCUT2D eigenvalue weighted by molar-refractivity contribution is 6.47. The summed E-state index contributed by atoms with van der Waals surface area (Å²) in [4.78, 5) is 92.5. The summed E-state index contributed by atoms with van der Waals surface area (Å²) >= 11 is 29.1. The van der Waals surface area contributed by atoms with Crippen LogP contribution in [0.4, 0.5) is 24.9 Å². The van der Waals surface area contributed by atoms with Gasteiger partial charge < -0.3 is 60.9 Å². The maximum absolute atomic E-state index is 12.5. The Labute approximate surface area is 558 Å². The molecule has 496 valence electrons. The van der Waals surface area contributed by atoms with Gasteiger partial charge >= 0.3 is 30.3 Å². The van der Waals surface area contributed by atoms with Gasteiger partial charge in [0, 0.05) is 102 Å². The van der Waals surface area contributed by atoms with E-state index in [2.05, 4.69) is 36.1 Å². The van der Waals surface area contributed by atoms with Crippen LogP contribution in [0.5, 0.6) is 0 Å². The molecular weight excluding hydrogens is 1280 g/mol. The van der Waals surface area contributed by atoms with Crippen LogP contribution in [0.15, 0.2) is 116 Å². The zero-order chi connectivity index (χ0) is 66.4. The Hall–Kier alpha value is -6.98. The van der Waals surface area contributed by atoms with Gasteiger partial charge in [-0.3, -0.25) is 24.4 Å². The molecular formula is C65H84Cl5N9O12. The molecule has 0 bridgehead atoms. The normalized spacial score (nSPS) is 14.1. The summed E-state index contributed by atoms with van der Waals surface area (Å²) in [6.45, 7) is 12.2. The first-order valence-electron chi connectivity index (χ1n) is 30.1. The third-order valence-electron chi connectivity index (χ3n) is 14.0. The number of nitrogens with zero attached hydrogens (tertiary/aromatic N) is 4. The van der Waals surface area contributed by atoms with Crippen LogP contribution in [0, 0.1) is 17.8 Å². The molecule has 8 rings (SSSR count). The number of carbonyl (C=O) groups is 7. The maximum Gasteiger partial charge on any atom is 0.410 e. The van der Waals surface area contributed by atoms with Crippen LogP contribution in [0.1, 0.15) is 102 Å². The van der Waals surface area contributed by atoms with Gasteiger partial charge in [0.05, 0.1) is 36.7 Å². The number of piperidine rings is 3. The highest BCUT2D eigenvalue weighted by atomic mass is 35.5. The summed E-state index contributed by atoms with van der Waals surface area (Å²) in [6.07, 6.45) is 11.0. The van der Waals surface area contributed by atoms with E-state index >= 15 is 0 Å². The number of aromatic nitrogens is 2. The fourth-order valence-electron chi connectivity index (χ4n) is 9.12. The number of carboxylic acids is 1. The van der Waals surface area contributed by atoms with Crippen molar-refractivity contribution in [3.8, 4) is 0 Å². The molecule has 0 spiro atoms. The van der Waals surface area contributed by atoms with E-state index in [1.807, 2.05) is 112 Å². The van der Waals surface area contributed by atoms with Gasteiger partial charge in [0.15, 0.2) is 0 Å². The summed E-state index contributed by atoms with van der Waals surface area (Å²) in [5.74, 6) is -0.304. The van der Waals surface area contributed by atoms with Crippen molar-refractivity contribution >= 4 is 106 Å². The van der Waals surface area contributed by atoms with E-state index in [4.69, 9.17) is 87.8 Å². The number of alkyl carbamates (subject to hydrolysis) is 3. The zero-order valence-electron chi connectivity index (χ0n) is 51.7. The molecule has 5 heterocycles. The molecule has 3 aromatic carbocycles. The van der Waals surface area contributed by atoms with Crippen molar-refractivity contribution in [1.82, 2.24) is 36.1 Å². The minimum absolute atomic E-state index is 0.0330. The van der Waals surface area contributed by atoms with Crippen LogP contribution >= 0.6 is 58.0 Å². The predicted octanol–water partition coefficient (Wildman–Crippen LogP) is 12.8. The number of carboxylic acid groups (broad SMARTS) is 1. The monoisotopic (exact) mass is 1360 g/mol. The number of Topliss-reactive ketones (excluding diaryl/α,β-unsaturated/α-hetero) is 2. The summed E-state index contributed by atoms with van der Waals surface area (Å²) in [5.41, 5.74) is 8.36. The molecule has 5 aromatic rings. The third kappa shape index (κ3) is 31.7. The number of nitrogens with one attached hydrogen (secondary N) is 4. The number of likely N-dealkylation sites (tertiary alicyclic amines) is 1. The van der Waals surface area contributed by atoms with Crippen LogP contribution in [-0.4, -0.2) is 133 Å². The molecule has 2 aromatic heterocycles. The Kier molecular flexibility index (Phi) is 36.1. The highest BCUT2D eigenvalue weighted by Crippen LogP contribution is 2.35. The number of benzene rings is 3. The minimum Gasteiger partial charge on any atom is -0.481 e. The van der Waals surface area contributed by atoms with Gasteiger partial charge in [0.2, 0.25) is 0 Å². The number of aliphatic carboxylic acids is 1. The lowest BCUT2D eigenvalue weighted by molar-refractivity contribution is -0.143. The Morgan fingerprint density at radius 2 is 0.923 bits per heavy atom. The van der Waals surface area contributed by atoms with E-state index in [-0.39, 0.29) is 49.5 Å². The Morgan fingerprint density at radius 1 is 0.549 bits per heavy atom. The molecule has 7 N–H and O–H groups in total. The Morgan fingerprint density at radius 3 is 1.30 bits per heavy atom. The molecule has 0 atom stereocenters. The lowest BCUT2D eigenvalue weighted by Gasteiger charge is -2.33. The second-order valence-electron chi connectivity index (χ2n) is 22.1. The van der Waals surface area contributed by atoms with Crippen molar-refractivity contribution in [2.75, 3.05) is 70.3 Å². The number of rotatable bonds is 20. The summed E-state index contributed by atoms with van der Waals surface area (Å²) in [7, 11) is 0. The molecule has 0 unspecified atom stereocenters. The Bertz CT molecular complexity index is 2950.